The molecule has 116 valence electrons. The molecular formula is C14H21N3O4. The molecule has 1 N–H and O–H groups in total. The fourth-order valence-electron chi connectivity index (χ4n) is 2.40. The number of aromatic nitrogens is 1. The van der Waals surface area contributed by atoms with Crippen LogP contribution < -0.4 is 0 Å². The van der Waals surface area contributed by atoms with E-state index in [4.69, 9.17) is 4.52 Å². The molecule has 1 unspecified atom stereocenters. The van der Waals surface area contributed by atoms with Crippen molar-refractivity contribution in [2.45, 2.75) is 26.9 Å². The lowest BCUT2D eigenvalue weighted by Crippen LogP contribution is -2.40. The molecule has 1 aromatic rings. The van der Waals surface area contributed by atoms with E-state index >= 15 is 0 Å². The predicted molar refractivity (Wildman–Crippen MR) is 74.6 cm³/mol. The van der Waals surface area contributed by atoms with Gasteiger partial charge in [0.1, 0.15) is 12.3 Å². The number of aliphatic hydroxyl groups is 1. The number of hydrogen-bond acceptors (Lipinski definition) is 5. The first-order valence-corrected chi connectivity index (χ1v) is 7.05. The first-order chi connectivity index (χ1) is 9.86. The first kappa shape index (κ1) is 15.5. The molecule has 1 saturated heterocycles. The summed E-state index contributed by atoms with van der Waals surface area (Å²) < 4.78 is 4.88. The molecule has 1 fully saturated rings. The van der Waals surface area contributed by atoms with Crippen LogP contribution in [0.25, 0.3) is 0 Å². The molecule has 1 atom stereocenters. The van der Waals surface area contributed by atoms with Crippen molar-refractivity contribution in [1.29, 1.82) is 0 Å². The molecule has 2 heterocycles. The molecule has 1 aromatic heterocycles. The molecule has 2 amide bonds. The quantitative estimate of drug-likeness (QED) is 0.865. The van der Waals surface area contributed by atoms with E-state index in [0.29, 0.717) is 18.2 Å². The predicted octanol–water partition coefficient (Wildman–Crippen LogP) is 0.284. The minimum absolute atomic E-state index is 0.0471. The Bertz CT molecular complexity index is 526. The number of carbonyl (C=O) groups excluding carboxylic acids is 2. The van der Waals surface area contributed by atoms with Crippen LogP contribution in [0.1, 0.15) is 30.1 Å². The van der Waals surface area contributed by atoms with E-state index in [1.54, 1.807) is 11.8 Å². The maximum Gasteiger partial charge on any atom is 0.276 e. The molecule has 21 heavy (non-hydrogen) atoms. The van der Waals surface area contributed by atoms with Gasteiger partial charge in [-0.1, -0.05) is 19.0 Å². The zero-order chi connectivity index (χ0) is 15.6. The van der Waals surface area contributed by atoms with Crippen molar-refractivity contribution in [2.24, 2.45) is 5.92 Å². The molecule has 1 aliphatic heterocycles. The zero-order valence-corrected chi connectivity index (χ0v) is 12.6. The van der Waals surface area contributed by atoms with Crippen molar-refractivity contribution in [3.8, 4) is 0 Å². The topological polar surface area (TPSA) is 86.9 Å². The lowest BCUT2D eigenvalue weighted by Gasteiger charge is -2.23. The number of rotatable bonds is 3. The number of aliphatic hydroxyl groups excluding tert-OH is 1. The standard InChI is InChI=1S/C14H21N3O4/c1-9(2)5-16-6-11(18)7-17(8-13(16)19)14(20)12-4-10(3)21-15-12/h4,9,11,18H,5-8H2,1-3H3. The van der Waals surface area contributed by atoms with E-state index in [2.05, 4.69) is 5.16 Å². The van der Waals surface area contributed by atoms with Crippen LogP contribution in [-0.2, 0) is 4.79 Å². The summed E-state index contributed by atoms with van der Waals surface area (Å²) in [5, 5.41) is 13.7. The number of amides is 2. The average Bonchev–Trinajstić information content (AvgIpc) is 2.76. The number of carbonyl (C=O) groups is 2. The Morgan fingerprint density at radius 1 is 1.52 bits per heavy atom. The fraction of sp³-hybridized carbons (Fsp3) is 0.643. The second-order valence-electron chi connectivity index (χ2n) is 5.85. The van der Waals surface area contributed by atoms with Gasteiger partial charge in [-0.3, -0.25) is 9.59 Å². The molecule has 0 radical (unpaired) electrons. The number of nitrogens with zero attached hydrogens (tertiary/aromatic N) is 3. The summed E-state index contributed by atoms with van der Waals surface area (Å²) in [6.07, 6.45) is -0.757. The van der Waals surface area contributed by atoms with Crippen LogP contribution in [0.3, 0.4) is 0 Å². The summed E-state index contributed by atoms with van der Waals surface area (Å²) in [7, 11) is 0. The lowest BCUT2D eigenvalue weighted by atomic mass is 10.2. The van der Waals surface area contributed by atoms with Crippen LogP contribution in [0.4, 0.5) is 0 Å². The third-order valence-electron chi connectivity index (χ3n) is 3.26. The molecule has 2 rings (SSSR count). The van der Waals surface area contributed by atoms with Crippen molar-refractivity contribution in [3.05, 3.63) is 17.5 Å². The Balaban J connectivity index is 2.11. The number of hydrogen-bond donors (Lipinski definition) is 1. The van der Waals surface area contributed by atoms with E-state index in [-0.39, 0.29) is 31.2 Å². The second kappa shape index (κ2) is 6.26. The van der Waals surface area contributed by atoms with Crippen LogP contribution in [-0.4, -0.2) is 64.2 Å². The van der Waals surface area contributed by atoms with Crippen LogP contribution in [0, 0.1) is 12.8 Å². The van der Waals surface area contributed by atoms with E-state index in [1.165, 1.54) is 11.0 Å². The highest BCUT2D eigenvalue weighted by Crippen LogP contribution is 2.12. The SMILES string of the molecule is Cc1cc(C(=O)N2CC(=O)N(CC(C)C)CC(O)C2)no1. The van der Waals surface area contributed by atoms with E-state index < -0.39 is 12.0 Å². The smallest absolute Gasteiger partial charge is 0.276 e. The highest BCUT2D eigenvalue weighted by Gasteiger charge is 2.31. The van der Waals surface area contributed by atoms with Crippen molar-refractivity contribution >= 4 is 11.8 Å². The van der Waals surface area contributed by atoms with Crippen LogP contribution in [0.2, 0.25) is 0 Å². The molecule has 0 saturated carbocycles. The van der Waals surface area contributed by atoms with Crippen LogP contribution >= 0.6 is 0 Å². The van der Waals surface area contributed by atoms with Gasteiger partial charge in [-0.15, -0.1) is 0 Å². The van der Waals surface area contributed by atoms with Gasteiger partial charge in [0, 0.05) is 25.7 Å². The van der Waals surface area contributed by atoms with Crippen molar-refractivity contribution in [3.63, 3.8) is 0 Å². The average molecular weight is 295 g/mol. The number of β-amino-alcohol motifs (C(OH)–C–C–N with tert-alkyl or cyclic N) is 1. The Morgan fingerprint density at radius 2 is 2.24 bits per heavy atom. The van der Waals surface area contributed by atoms with Crippen LogP contribution in [0.15, 0.2) is 10.6 Å². The zero-order valence-electron chi connectivity index (χ0n) is 12.6. The third-order valence-corrected chi connectivity index (χ3v) is 3.26. The number of aryl methyl sites for hydroxylation is 1. The van der Waals surface area contributed by atoms with Gasteiger partial charge in [-0.2, -0.15) is 0 Å². The van der Waals surface area contributed by atoms with Crippen LogP contribution in [0.5, 0.6) is 0 Å². The van der Waals surface area contributed by atoms with Gasteiger partial charge in [0.15, 0.2) is 5.69 Å². The minimum Gasteiger partial charge on any atom is -0.389 e. The summed E-state index contributed by atoms with van der Waals surface area (Å²) in [4.78, 5) is 27.5. The van der Waals surface area contributed by atoms with E-state index in [9.17, 15) is 14.7 Å². The van der Waals surface area contributed by atoms with E-state index in [1.807, 2.05) is 13.8 Å². The summed E-state index contributed by atoms with van der Waals surface area (Å²) in [6.45, 7) is 6.59. The van der Waals surface area contributed by atoms with Gasteiger partial charge in [-0.05, 0) is 12.8 Å². The van der Waals surface area contributed by atoms with Crippen molar-refractivity contribution in [1.82, 2.24) is 15.0 Å². The molecule has 0 aromatic carbocycles. The third kappa shape index (κ3) is 3.81. The van der Waals surface area contributed by atoms with Gasteiger partial charge >= 0.3 is 0 Å². The molecule has 1 aliphatic rings. The summed E-state index contributed by atoms with van der Waals surface area (Å²) >= 11 is 0. The fourth-order valence-corrected chi connectivity index (χ4v) is 2.40. The molecular weight excluding hydrogens is 274 g/mol. The maximum absolute atomic E-state index is 12.3. The Morgan fingerprint density at radius 3 is 2.81 bits per heavy atom. The highest BCUT2D eigenvalue weighted by atomic mass is 16.5. The van der Waals surface area contributed by atoms with Gasteiger partial charge in [0.05, 0.1) is 6.10 Å². The monoisotopic (exact) mass is 295 g/mol. The Kier molecular flexibility index (Phi) is 4.62. The lowest BCUT2D eigenvalue weighted by molar-refractivity contribution is -0.131. The minimum atomic E-state index is -0.757. The van der Waals surface area contributed by atoms with Crippen molar-refractivity contribution in [2.75, 3.05) is 26.2 Å². The molecule has 0 aliphatic carbocycles. The Labute approximate surface area is 123 Å². The maximum atomic E-state index is 12.3. The van der Waals surface area contributed by atoms with Crippen molar-refractivity contribution < 1.29 is 19.2 Å². The van der Waals surface area contributed by atoms with Gasteiger partial charge < -0.3 is 19.4 Å². The largest absolute Gasteiger partial charge is 0.389 e. The first-order valence-electron chi connectivity index (χ1n) is 7.05. The van der Waals surface area contributed by atoms with Gasteiger partial charge in [0.25, 0.3) is 5.91 Å². The molecule has 7 heteroatoms. The van der Waals surface area contributed by atoms with E-state index in [0.717, 1.165) is 0 Å². The molecule has 7 nitrogen and oxygen atoms in total. The second-order valence-corrected chi connectivity index (χ2v) is 5.85. The van der Waals surface area contributed by atoms with Gasteiger partial charge in [-0.25, -0.2) is 0 Å². The summed E-state index contributed by atoms with van der Waals surface area (Å²) in [6, 6.07) is 1.52. The molecule has 0 bridgehead atoms. The summed E-state index contributed by atoms with van der Waals surface area (Å²) in [5.41, 5.74) is 0.157. The highest BCUT2D eigenvalue weighted by molar-refractivity contribution is 5.95. The molecule has 0 spiro atoms. The Hall–Kier alpha value is -1.89. The normalized spacial score (nSPS) is 20.0. The summed E-state index contributed by atoms with van der Waals surface area (Å²) in [5.74, 6) is 0.280. The van der Waals surface area contributed by atoms with Gasteiger partial charge in [0.2, 0.25) is 5.91 Å².